The number of rotatable bonds is 5. The maximum atomic E-state index is 12.3. The molecular formula is C18H21N3O3. The van der Waals surface area contributed by atoms with Crippen molar-refractivity contribution in [2.75, 3.05) is 30.4 Å². The van der Waals surface area contributed by atoms with Gasteiger partial charge in [-0.3, -0.25) is 4.79 Å². The van der Waals surface area contributed by atoms with Crippen LogP contribution in [0.1, 0.15) is 24.3 Å². The van der Waals surface area contributed by atoms with Gasteiger partial charge in [-0.05, 0) is 30.2 Å². The average molecular weight is 327 g/mol. The van der Waals surface area contributed by atoms with Crippen LogP contribution in [0.2, 0.25) is 0 Å². The molecule has 0 fully saturated rings. The molecule has 0 atom stereocenters. The Morgan fingerprint density at radius 1 is 1.12 bits per heavy atom. The fourth-order valence-electron chi connectivity index (χ4n) is 2.27. The summed E-state index contributed by atoms with van der Waals surface area (Å²) >= 11 is 0. The van der Waals surface area contributed by atoms with Crippen LogP contribution in [0.25, 0.3) is 0 Å². The number of ether oxygens (including phenoxy) is 2. The normalized spacial score (nSPS) is 12.8. The minimum atomic E-state index is -0.262. The average Bonchev–Trinajstić information content (AvgIpc) is 2.60. The Morgan fingerprint density at radius 3 is 2.58 bits per heavy atom. The second kappa shape index (κ2) is 7.21. The largest absolute Gasteiger partial charge is 0.486 e. The quantitative estimate of drug-likeness (QED) is 0.882. The highest BCUT2D eigenvalue weighted by Gasteiger charge is 2.14. The zero-order chi connectivity index (χ0) is 16.9. The number of anilines is 2. The first-order chi connectivity index (χ1) is 11.6. The van der Waals surface area contributed by atoms with E-state index < -0.39 is 0 Å². The molecule has 0 aliphatic carbocycles. The minimum Gasteiger partial charge on any atom is -0.486 e. The molecule has 0 saturated heterocycles. The Hall–Kier alpha value is -2.76. The first kappa shape index (κ1) is 16.1. The summed E-state index contributed by atoms with van der Waals surface area (Å²) < 4.78 is 11.0. The van der Waals surface area contributed by atoms with E-state index in [0.29, 0.717) is 42.0 Å². The first-order valence-corrected chi connectivity index (χ1v) is 8.03. The van der Waals surface area contributed by atoms with Gasteiger partial charge < -0.3 is 20.1 Å². The molecule has 126 valence electrons. The van der Waals surface area contributed by atoms with Crippen LogP contribution in [0.15, 0.2) is 36.5 Å². The van der Waals surface area contributed by atoms with Crippen LogP contribution in [0.5, 0.6) is 11.5 Å². The van der Waals surface area contributed by atoms with Crippen LogP contribution in [0, 0.1) is 5.92 Å². The zero-order valence-corrected chi connectivity index (χ0v) is 13.8. The summed E-state index contributed by atoms with van der Waals surface area (Å²) in [4.78, 5) is 16.5. The van der Waals surface area contributed by atoms with Crippen LogP contribution in [-0.4, -0.2) is 30.6 Å². The van der Waals surface area contributed by atoms with E-state index in [2.05, 4.69) is 29.5 Å². The van der Waals surface area contributed by atoms with Gasteiger partial charge in [0.05, 0.1) is 11.9 Å². The molecule has 2 N–H and O–H groups in total. The monoisotopic (exact) mass is 327 g/mol. The van der Waals surface area contributed by atoms with Gasteiger partial charge in [0.2, 0.25) is 0 Å². The molecule has 2 aromatic rings. The van der Waals surface area contributed by atoms with Crippen LogP contribution < -0.4 is 20.1 Å². The Bertz CT molecular complexity index is 714. The highest BCUT2D eigenvalue weighted by molar-refractivity contribution is 6.03. The van der Waals surface area contributed by atoms with Crippen LogP contribution in [0.3, 0.4) is 0 Å². The van der Waals surface area contributed by atoms with E-state index in [-0.39, 0.29) is 5.91 Å². The number of aromatic nitrogens is 1. The SMILES string of the molecule is CC(C)CNc1ccc(C(=O)Nc2ccc3c(c2)OCCO3)nc1. The van der Waals surface area contributed by atoms with Crippen molar-refractivity contribution in [3.63, 3.8) is 0 Å². The number of amides is 1. The molecule has 6 heteroatoms. The Balaban J connectivity index is 1.64. The molecule has 0 saturated carbocycles. The molecule has 0 bridgehead atoms. The summed E-state index contributed by atoms with van der Waals surface area (Å²) in [5.74, 6) is 1.61. The number of carbonyl (C=O) groups is 1. The molecule has 0 spiro atoms. The molecule has 1 aromatic heterocycles. The molecule has 1 aromatic carbocycles. The summed E-state index contributed by atoms with van der Waals surface area (Å²) in [7, 11) is 0. The zero-order valence-electron chi connectivity index (χ0n) is 13.8. The predicted octanol–water partition coefficient (Wildman–Crippen LogP) is 3.17. The van der Waals surface area contributed by atoms with Gasteiger partial charge in [0, 0.05) is 18.3 Å². The van der Waals surface area contributed by atoms with Gasteiger partial charge in [-0.2, -0.15) is 0 Å². The lowest BCUT2D eigenvalue weighted by atomic mass is 10.2. The fraction of sp³-hybridized carbons (Fsp3) is 0.333. The summed E-state index contributed by atoms with van der Waals surface area (Å²) in [5, 5.41) is 6.09. The number of fused-ring (bicyclic) bond motifs is 1. The number of nitrogens with zero attached hydrogens (tertiary/aromatic N) is 1. The van der Waals surface area contributed by atoms with Gasteiger partial charge in [-0.15, -0.1) is 0 Å². The Morgan fingerprint density at radius 2 is 1.88 bits per heavy atom. The molecule has 1 aliphatic heterocycles. The second-order valence-electron chi connectivity index (χ2n) is 6.02. The third kappa shape index (κ3) is 3.95. The lowest BCUT2D eigenvalue weighted by Gasteiger charge is -2.19. The summed E-state index contributed by atoms with van der Waals surface area (Å²) in [6.45, 7) is 6.19. The predicted molar refractivity (Wildman–Crippen MR) is 92.9 cm³/mol. The third-order valence-electron chi connectivity index (χ3n) is 3.51. The molecule has 0 unspecified atom stereocenters. The molecule has 1 aliphatic rings. The number of hydrogen-bond donors (Lipinski definition) is 2. The number of pyridine rings is 1. The van der Waals surface area contributed by atoms with Crippen molar-refractivity contribution < 1.29 is 14.3 Å². The van der Waals surface area contributed by atoms with Gasteiger partial charge in [0.25, 0.3) is 5.91 Å². The molecule has 0 radical (unpaired) electrons. The van der Waals surface area contributed by atoms with E-state index in [4.69, 9.17) is 9.47 Å². The second-order valence-corrected chi connectivity index (χ2v) is 6.02. The van der Waals surface area contributed by atoms with E-state index in [9.17, 15) is 4.79 Å². The van der Waals surface area contributed by atoms with Crippen molar-refractivity contribution in [2.24, 2.45) is 5.92 Å². The lowest BCUT2D eigenvalue weighted by Crippen LogP contribution is -2.17. The van der Waals surface area contributed by atoms with E-state index in [1.807, 2.05) is 6.07 Å². The highest BCUT2D eigenvalue weighted by atomic mass is 16.6. The molecule has 1 amide bonds. The minimum absolute atomic E-state index is 0.262. The third-order valence-corrected chi connectivity index (χ3v) is 3.51. The van der Waals surface area contributed by atoms with Crippen LogP contribution >= 0.6 is 0 Å². The number of hydrogen-bond acceptors (Lipinski definition) is 5. The topological polar surface area (TPSA) is 72.5 Å². The Labute approximate surface area is 141 Å². The Kier molecular flexibility index (Phi) is 4.84. The first-order valence-electron chi connectivity index (χ1n) is 8.03. The molecule has 2 heterocycles. The van der Waals surface area contributed by atoms with Crippen LogP contribution in [-0.2, 0) is 0 Å². The summed E-state index contributed by atoms with van der Waals surface area (Å²) in [6, 6.07) is 8.88. The fourth-order valence-corrected chi connectivity index (χ4v) is 2.27. The smallest absolute Gasteiger partial charge is 0.274 e. The standard InChI is InChI=1S/C18H21N3O3/c1-12(2)10-19-14-3-5-15(20-11-14)18(22)21-13-4-6-16-17(9-13)24-8-7-23-16/h3-6,9,11-12,19H,7-8,10H2,1-2H3,(H,21,22). The van der Waals surface area contributed by atoms with Crippen molar-refractivity contribution >= 4 is 17.3 Å². The molecule has 24 heavy (non-hydrogen) atoms. The van der Waals surface area contributed by atoms with Crippen LogP contribution in [0.4, 0.5) is 11.4 Å². The van der Waals surface area contributed by atoms with E-state index in [1.54, 1.807) is 30.5 Å². The number of benzene rings is 1. The maximum Gasteiger partial charge on any atom is 0.274 e. The molecule has 6 nitrogen and oxygen atoms in total. The van der Waals surface area contributed by atoms with Gasteiger partial charge in [0.1, 0.15) is 18.9 Å². The van der Waals surface area contributed by atoms with Crippen molar-refractivity contribution in [2.45, 2.75) is 13.8 Å². The van der Waals surface area contributed by atoms with Crippen molar-refractivity contribution in [1.82, 2.24) is 4.98 Å². The highest BCUT2D eigenvalue weighted by Crippen LogP contribution is 2.32. The number of nitrogens with one attached hydrogen (secondary N) is 2. The van der Waals surface area contributed by atoms with E-state index in [1.165, 1.54) is 0 Å². The van der Waals surface area contributed by atoms with Gasteiger partial charge in [0.15, 0.2) is 11.5 Å². The molecule has 3 rings (SSSR count). The van der Waals surface area contributed by atoms with E-state index in [0.717, 1.165) is 12.2 Å². The molecular weight excluding hydrogens is 306 g/mol. The lowest BCUT2D eigenvalue weighted by molar-refractivity contribution is 0.102. The van der Waals surface area contributed by atoms with Gasteiger partial charge >= 0.3 is 0 Å². The van der Waals surface area contributed by atoms with E-state index >= 15 is 0 Å². The summed E-state index contributed by atoms with van der Waals surface area (Å²) in [6.07, 6.45) is 1.67. The van der Waals surface area contributed by atoms with Gasteiger partial charge in [-0.1, -0.05) is 13.8 Å². The van der Waals surface area contributed by atoms with Crippen molar-refractivity contribution in [1.29, 1.82) is 0 Å². The number of carbonyl (C=O) groups excluding carboxylic acids is 1. The van der Waals surface area contributed by atoms with Crippen molar-refractivity contribution in [3.05, 3.63) is 42.2 Å². The van der Waals surface area contributed by atoms with Crippen molar-refractivity contribution in [3.8, 4) is 11.5 Å². The van der Waals surface area contributed by atoms with Gasteiger partial charge in [-0.25, -0.2) is 4.98 Å². The summed E-state index contributed by atoms with van der Waals surface area (Å²) in [5.41, 5.74) is 1.91. The maximum absolute atomic E-state index is 12.3.